The summed E-state index contributed by atoms with van der Waals surface area (Å²) in [5.74, 6) is -0.704. The van der Waals surface area contributed by atoms with Gasteiger partial charge in [-0.15, -0.1) is 0 Å². The molecule has 2 rings (SSSR count). The van der Waals surface area contributed by atoms with Crippen molar-refractivity contribution in [3.63, 3.8) is 0 Å². The number of piperidine rings is 1. The number of likely N-dealkylation sites (tertiary alicyclic amines) is 1. The molecule has 0 aliphatic carbocycles. The zero-order chi connectivity index (χ0) is 14.5. The number of halogens is 1. The van der Waals surface area contributed by atoms with Gasteiger partial charge in [-0.25, -0.2) is 4.39 Å². The first kappa shape index (κ1) is 14.5. The van der Waals surface area contributed by atoms with Crippen LogP contribution in [0.1, 0.15) is 24.0 Å². The van der Waals surface area contributed by atoms with E-state index in [9.17, 15) is 9.18 Å². The molecule has 20 heavy (non-hydrogen) atoms. The van der Waals surface area contributed by atoms with Crippen LogP contribution in [0.25, 0.3) is 0 Å². The summed E-state index contributed by atoms with van der Waals surface area (Å²) in [6.07, 6.45) is 1.75. The number of methoxy groups -OCH3 is 1. The van der Waals surface area contributed by atoms with Crippen molar-refractivity contribution in [1.29, 1.82) is 5.26 Å². The lowest BCUT2D eigenvalue weighted by molar-refractivity contribution is -0.147. The quantitative estimate of drug-likeness (QED) is 0.793. The molecule has 0 aromatic heterocycles. The number of hydrogen-bond donors (Lipinski definition) is 0. The molecule has 4 nitrogen and oxygen atoms in total. The number of rotatable bonds is 3. The molecular weight excluding hydrogens is 259 g/mol. The molecular formula is C15H17FN2O2. The molecule has 1 aliphatic heterocycles. The van der Waals surface area contributed by atoms with Gasteiger partial charge < -0.3 is 4.74 Å². The molecule has 106 valence electrons. The molecule has 1 heterocycles. The van der Waals surface area contributed by atoms with Crippen LogP contribution in [0.5, 0.6) is 0 Å². The van der Waals surface area contributed by atoms with E-state index in [1.54, 1.807) is 6.07 Å². The zero-order valence-corrected chi connectivity index (χ0v) is 11.4. The fourth-order valence-corrected chi connectivity index (χ4v) is 2.62. The number of benzene rings is 1. The van der Waals surface area contributed by atoms with Crippen molar-refractivity contribution in [1.82, 2.24) is 4.90 Å². The molecule has 0 amide bonds. The second kappa shape index (κ2) is 6.49. The molecule has 1 aromatic rings. The third-order valence-corrected chi connectivity index (χ3v) is 3.53. The largest absolute Gasteiger partial charge is 0.469 e. The first-order chi connectivity index (χ1) is 9.62. The number of nitrogens with zero attached hydrogens (tertiary/aromatic N) is 2. The Morgan fingerprint density at radius 2 is 2.35 bits per heavy atom. The van der Waals surface area contributed by atoms with E-state index < -0.39 is 5.82 Å². The van der Waals surface area contributed by atoms with Gasteiger partial charge >= 0.3 is 5.97 Å². The minimum absolute atomic E-state index is 0.113. The minimum atomic E-state index is -0.402. The monoisotopic (exact) mass is 276 g/mol. The Morgan fingerprint density at radius 3 is 3.05 bits per heavy atom. The van der Waals surface area contributed by atoms with Crippen molar-refractivity contribution in [2.75, 3.05) is 20.2 Å². The van der Waals surface area contributed by atoms with E-state index in [0.29, 0.717) is 18.7 Å². The maximum absolute atomic E-state index is 13.4. The van der Waals surface area contributed by atoms with E-state index in [-0.39, 0.29) is 11.9 Å². The van der Waals surface area contributed by atoms with Crippen LogP contribution in [0, 0.1) is 23.1 Å². The smallest absolute Gasteiger partial charge is 0.309 e. The van der Waals surface area contributed by atoms with Gasteiger partial charge in [0.15, 0.2) is 0 Å². The number of hydrogen-bond acceptors (Lipinski definition) is 4. The highest BCUT2D eigenvalue weighted by Gasteiger charge is 2.26. The Morgan fingerprint density at radius 1 is 1.55 bits per heavy atom. The number of esters is 1. The van der Waals surface area contributed by atoms with Crippen LogP contribution in [-0.2, 0) is 16.1 Å². The van der Waals surface area contributed by atoms with Gasteiger partial charge in [0, 0.05) is 13.1 Å². The lowest BCUT2D eigenvalue weighted by Crippen LogP contribution is -2.38. The topological polar surface area (TPSA) is 53.3 Å². The average molecular weight is 276 g/mol. The van der Waals surface area contributed by atoms with Crippen molar-refractivity contribution in [2.24, 2.45) is 5.92 Å². The van der Waals surface area contributed by atoms with Crippen molar-refractivity contribution in [3.05, 3.63) is 35.1 Å². The maximum atomic E-state index is 13.4. The summed E-state index contributed by atoms with van der Waals surface area (Å²) in [4.78, 5) is 13.7. The lowest BCUT2D eigenvalue weighted by atomic mass is 9.97. The van der Waals surface area contributed by atoms with Gasteiger partial charge in [0.2, 0.25) is 0 Å². The maximum Gasteiger partial charge on any atom is 0.309 e. The Balaban J connectivity index is 2.04. The number of ether oxygens (including phenoxy) is 1. The van der Waals surface area contributed by atoms with E-state index >= 15 is 0 Å². The highest BCUT2D eigenvalue weighted by atomic mass is 19.1. The fraction of sp³-hybridized carbons (Fsp3) is 0.467. The molecule has 0 spiro atoms. The van der Waals surface area contributed by atoms with E-state index in [2.05, 4.69) is 4.90 Å². The van der Waals surface area contributed by atoms with Crippen LogP contribution in [0.4, 0.5) is 4.39 Å². The number of carbonyl (C=O) groups is 1. The second-order valence-corrected chi connectivity index (χ2v) is 5.06. The molecule has 0 bridgehead atoms. The Kier molecular flexibility index (Phi) is 4.70. The molecule has 0 radical (unpaired) electrons. The van der Waals surface area contributed by atoms with E-state index in [0.717, 1.165) is 24.9 Å². The standard InChI is InChI=1S/C15H17FN2O2/c1-20-15(19)13-3-2-4-18(10-13)9-12-5-11(8-17)6-14(16)7-12/h5-7,13H,2-4,9-10H2,1H3/t13-/m0/s1. The van der Waals surface area contributed by atoms with Crippen LogP contribution in [0.3, 0.4) is 0 Å². The van der Waals surface area contributed by atoms with Crippen molar-refractivity contribution < 1.29 is 13.9 Å². The van der Waals surface area contributed by atoms with Gasteiger partial charge in [-0.1, -0.05) is 0 Å². The number of carbonyl (C=O) groups excluding carboxylic acids is 1. The van der Waals surface area contributed by atoms with Gasteiger partial charge in [0.05, 0.1) is 24.7 Å². The Hall–Kier alpha value is -1.93. The van der Waals surface area contributed by atoms with Crippen LogP contribution in [-0.4, -0.2) is 31.1 Å². The fourth-order valence-electron chi connectivity index (χ4n) is 2.62. The summed E-state index contributed by atoms with van der Waals surface area (Å²) >= 11 is 0. The van der Waals surface area contributed by atoms with Gasteiger partial charge in [-0.2, -0.15) is 5.26 Å². The van der Waals surface area contributed by atoms with Crippen molar-refractivity contribution in [3.8, 4) is 6.07 Å². The predicted molar refractivity (Wildman–Crippen MR) is 71.1 cm³/mol. The third kappa shape index (κ3) is 3.55. The van der Waals surface area contributed by atoms with E-state index in [1.807, 2.05) is 6.07 Å². The first-order valence-electron chi connectivity index (χ1n) is 6.62. The molecule has 1 aromatic carbocycles. The van der Waals surface area contributed by atoms with Crippen molar-refractivity contribution in [2.45, 2.75) is 19.4 Å². The first-order valence-corrected chi connectivity index (χ1v) is 6.62. The van der Waals surface area contributed by atoms with Crippen LogP contribution >= 0.6 is 0 Å². The highest BCUT2D eigenvalue weighted by molar-refractivity contribution is 5.72. The van der Waals surface area contributed by atoms with Gasteiger partial charge in [-0.05, 0) is 43.1 Å². The summed E-state index contributed by atoms with van der Waals surface area (Å²) in [5, 5.41) is 8.85. The summed E-state index contributed by atoms with van der Waals surface area (Å²) in [6, 6.07) is 6.29. The number of nitriles is 1. The van der Waals surface area contributed by atoms with Crippen molar-refractivity contribution >= 4 is 5.97 Å². The van der Waals surface area contributed by atoms with E-state index in [4.69, 9.17) is 10.00 Å². The normalized spacial score (nSPS) is 19.4. The van der Waals surface area contributed by atoms with Crippen LogP contribution in [0.2, 0.25) is 0 Å². The summed E-state index contributed by atoms with van der Waals surface area (Å²) in [6.45, 7) is 2.02. The lowest BCUT2D eigenvalue weighted by Gasteiger charge is -2.31. The summed E-state index contributed by atoms with van der Waals surface area (Å²) in [7, 11) is 1.40. The molecule has 1 saturated heterocycles. The molecule has 1 aliphatic rings. The molecule has 0 saturated carbocycles. The molecule has 1 atom stereocenters. The summed E-state index contributed by atoms with van der Waals surface area (Å²) in [5.41, 5.74) is 1.08. The van der Waals surface area contributed by atoms with Crippen LogP contribution < -0.4 is 0 Å². The SMILES string of the molecule is COC(=O)[C@H]1CCCN(Cc2cc(F)cc(C#N)c2)C1. The predicted octanol–water partition coefficient (Wildman–Crippen LogP) is 2.08. The molecule has 1 fully saturated rings. The minimum Gasteiger partial charge on any atom is -0.469 e. The summed E-state index contributed by atoms with van der Waals surface area (Å²) < 4.78 is 18.2. The molecule has 5 heteroatoms. The second-order valence-electron chi connectivity index (χ2n) is 5.06. The van der Waals surface area contributed by atoms with Gasteiger partial charge in [-0.3, -0.25) is 9.69 Å². The molecule has 0 N–H and O–H groups in total. The van der Waals surface area contributed by atoms with E-state index in [1.165, 1.54) is 19.2 Å². The highest BCUT2D eigenvalue weighted by Crippen LogP contribution is 2.20. The third-order valence-electron chi connectivity index (χ3n) is 3.53. The van der Waals surface area contributed by atoms with Gasteiger partial charge in [0.25, 0.3) is 0 Å². The average Bonchev–Trinajstić information content (AvgIpc) is 2.46. The Bertz CT molecular complexity index is 539. The Labute approximate surface area is 117 Å². The molecule has 0 unspecified atom stereocenters. The zero-order valence-electron chi connectivity index (χ0n) is 11.4. The van der Waals surface area contributed by atoms with Crippen LogP contribution in [0.15, 0.2) is 18.2 Å². The van der Waals surface area contributed by atoms with Gasteiger partial charge in [0.1, 0.15) is 5.82 Å².